The molecule has 5 aliphatic heterocycles. The Balaban J connectivity index is 0.000000176. The van der Waals surface area contributed by atoms with Gasteiger partial charge in [-0.3, -0.25) is 49.4 Å². The number of anilines is 1. The first kappa shape index (κ1) is 87.1. The van der Waals surface area contributed by atoms with Crippen LogP contribution in [0.3, 0.4) is 0 Å². The molecule has 11 aliphatic rings. The molecule has 1 spiro atoms. The SMILES string of the molecule is CC[C@]1(O)C[C@@H]2CN(CCc3c([nH]c4ccccc34)[C@@](C(=O)OC)(c3ccc4c(c3OC)N(C)[C@H]3[C@@](O)(C(=O)OC)[C@H](OC(C)=O)[C@]5(CC)C=CCN6CC[C@]43[C@@H]65)C2)C1.CNNCc1ccc(C(=O)NC(C)C)cc1.C[C@]12C=CC(=O)C=C1CC[C@@H]1[C@@H]2C(=O)C[C@@]2(C)[C@H]1CC[C@]2(O)C(=O)CO.O=NN(CCCl)C(=O)NC1CCCCC1. The van der Waals surface area contributed by atoms with Gasteiger partial charge in [0.15, 0.2) is 17.7 Å². The third-order valence-corrected chi connectivity index (χ3v) is 28.4. The number of carbonyl (C=O) groups is 8. The maximum absolute atomic E-state index is 15.2. The van der Waals surface area contributed by atoms with Crippen LogP contribution in [0, 0.1) is 44.8 Å². The van der Waals surface area contributed by atoms with Crippen molar-refractivity contribution in [3.8, 4) is 5.75 Å². The highest BCUT2D eigenvalue weighted by Gasteiger charge is 2.81. The molecule has 3 aromatic carbocycles. The number of urea groups is 1. The molecule has 15 rings (SSSR count). The number of likely N-dealkylation sites (N-methyl/N-ethyl adjacent to an activating group) is 1. The molecule has 1 aromatic heterocycles. The summed E-state index contributed by atoms with van der Waals surface area (Å²) in [4.78, 5) is 124. The van der Waals surface area contributed by atoms with Gasteiger partial charge < -0.3 is 59.9 Å². The Morgan fingerprint density at radius 3 is 2.21 bits per heavy atom. The molecule has 1 unspecified atom stereocenters. The second-order valence-corrected chi connectivity index (χ2v) is 35.2. The number of halogens is 1. The van der Waals surface area contributed by atoms with E-state index in [9.17, 15) is 58.9 Å². The van der Waals surface area contributed by atoms with Gasteiger partial charge in [0.2, 0.25) is 5.60 Å². The van der Waals surface area contributed by atoms with Gasteiger partial charge in [-0.25, -0.2) is 9.59 Å². The van der Waals surface area contributed by atoms with E-state index in [0.29, 0.717) is 107 Å². The highest BCUT2D eigenvalue weighted by Crippen LogP contribution is 2.70. The van der Waals surface area contributed by atoms with E-state index in [1.165, 1.54) is 27.6 Å². The van der Waals surface area contributed by atoms with Crippen LogP contribution in [0.1, 0.15) is 183 Å². The molecule has 6 heterocycles. The van der Waals surface area contributed by atoms with Crippen LogP contribution >= 0.6 is 11.6 Å². The number of hydrazine groups is 1. The van der Waals surface area contributed by atoms with Crippen molar-refractivity contribution in [2.75, 3.05) is 92.1 Å². The number of para-hydroxylation sites is 1. The molecule has 2 saturated heterocycles. The molecule has 0 radical (unpaired) electrons. The Morgan fingerprint density at radius 2 is 1.56 bits per heavy atom. The van der Waals surface area contributed by atoms with Gasteiger partial charge in [0.1, 0.15) is 29.2 Å². The van der Waals surface area contributed by atoms with Crippen LogP contribution in [0.5, 0.6) is 5.75 Å². The van der Waals surface area contributed by atoms with Crippen molar-refractivity contribution in [3.63, 3.8) is 0 Å². The minimum atomic E-state index is -2.32. The number of aromatic nitrogens is 1. The van der Waals surface area contributed by atoms with Crippen LogP contribution in [0.15, 0.2) is 102 Å². The standard InChI is InChI=1S/C46H58N4O9.C21H26O5.C12H19N3O.C9H16ClN3O2/c1-8-42(54)23-28-24-45(40(52)57-6,36-30(17-21-49(25-28)26-42)29-13-10-11-14-33(29)47-36)32-16-15-31-34(35(32)56-5)48(4)38-44(31)19-22-50-20-12-18-43(9-2,37(44)50)39(59-27(3)51)46(38,55)41(53)58-7;1-19-7-5-13(23)9-12(19)3-4-14-15-6-8-21(26,17(25)11-22)20(15,2)10-16(24)18(14)19;1-9(2)15-12(16)11-6-4-10(5-7-11)8-14-13-3;10-6-7-13(12-15)9(14)11-8-4-2-1-3-5-8/h10-16,18,28,37-39,47,54-55H,8-9,17,19-26H2,1-7H3;5,7,9,14-15,18,22,26H,3-4,6,8,10-11H2,1-2H3;4-7,9,13-14H,8H2,1-3H3,(H,15,16);8H,1-7H2,(H,11,14)/t28-,37-,38+,39+,42-,43+,44+,45-,46-;14-,15-,18+,19-,20-,21-;;/m00../s1. The molecule has 28 heteroatoms. The number of rotatable bonds is 18. The van der Waals surface area contributed by atoms with E-state index < -0.39 is 92.4 Å². The van der Waals surface area contributed by atoms with Crippen molar-refractivity contribution in [1.29, 1.82) is 0 Å². The molecular weight excluding hydrogens is 1500 g/mol. The van der Waals surface area contributed by atoms with E-state index in [1.807, 2.05) is 115 Å². The average molecular weight is 1620 g/mol. The van der Waals surface area contributed by atoms with Crippen LogP contribution in [0.4, 0.5) is 10.5 Å². The van der Waals surface area contributed by atoms with Crippen LogP contribution in [-0.4, -0.2) is 222 Å². The number of aliphatic hydroxyl groups is 4. The number of aliphatic hydroxyl groups excluding tert-OH is 1. The number of fused-ring (bicyclic) bond motifs is 11. The Morgan fingerprint density at radius 1 is 0.845 bits per heavy atom. The molecule has 6 aliphatic carbocycles. The lowest BCUT2D eigenvalue weighted by molar-refractivity contribution is -0.228. The van der Waals surface area contributed by atoms with E-state index in [0.717, 1.165) is 88.9 Å². The smallest absolute Gasteiger partial charge is 0.344 e. The number of alkyl halides is 1. The molecule has 116 heavy (non-hydrogen) atoms. The van der Waals surface area contributed by atoms with Crippen LogP contribution in [-0.2, 0) is 66.8 Å². The number of ketones is 3. The number of allylic oxidation sites excluding steroid dienone is 4. The van der Waals surface area contributed by atoms with Gasteiger partial charge in [0.05, 0.1) is 50.5 Å². The fourth-order valence-corrected chi connectivity index (χ4v) is 23.4. The number of hydrogen-bond donors (Lipinski definition) is 9. The largest absolute Gasteiger partial charge is 0.494 e. The summed E-state index contributed by atoms with van der Waals surface area (Å²) in [6.07, 6.45) is 19.2. The Labute approximate surface area is 684 Å². The second kappa shape index (κ2) is 34.6. The number of H-pyrrole nitrogens is 1. The number of nitroso groups, excluding NO2 is 1. The zero-order valence-electron chi connectivity index (χ0n) is 69.2. The fraction of sp³-hybridized carbons (Fsp3) is 0.614. The number of piperidine rings is 1. The van der Waals surface area contributed by atoms with E-state index in [4.69, 9.17) is 30.5 Å². The lowest BCUT2D eigenvalue weighted by Crippen LogP contribution is -2.81. The van der Waals surface area contributed by atoms with Gasteiger partial charge in [0.25, 0.3) is 5.91 Å². The molecule has 9 N–H and O–H groups in total. The highest BCUT2D eigenvalue weighted by molar-refractivity contribution is 6.18. The van der Waals surface area contributed by atoms with E-state index in [-0.39, 0.29) is 78.1 Å². The monoisotopic (exact) mass is 1620 g/mol. The summed E-state index contributed by atoms with van der Waals surface area (Å²) in [5.74, 6) is -2.01. The summed E-state index contributed by atoms with van der Waals surface area (Å²) in [6, 6.07) is 18.4. The summed E-state index contributed by atoms with van der Waals surface area (Å²) in [5.41, 5.74) is 4.13. The first-order chi connectivity index (χ1) is 55.3. The molecule has 16 atom stereocenters. The van der Waals surface area contributed by atoms with Crippen LogP contribution < -0.4 is 31.1 Å². The molecule has 630 valence electrons. The number of benzene rings is 3. The van der Waals surface area contributed by atoms with E-state index in [2.05, 4.69) is 65.8 Å². The molecule has 3 amide bonds. The predicted molar refractivity (Wildman–Crippen MR) is 438 cm³/mol. The van der Waals surface area contributed by atoms with E-state index in [1.54, 1.807) is 19.3 Å². The molecular formula is C88H119ClN10O17. The summed E-state index contributed by atoms with van der Waals surface area (Å²) in [5, 5.41) is 55.9. The number of carbonyl (C=O) groups excluding carboxylic acids is 8. The highest BCUT2D eigenvalue weighted by atomic mass is 35.5. The number of Topliss-reactive ketones (excluding diaryl/α,β-unsaturated/α-hetero) is 2. The Bertz CT molecular complexity index is 4490. The van der Waals surface area contributed by atoms with Crippen LogP contribution in [0.25, 0.3) is 10.9 Å². The number of methoxy groups -OCH3 is 3. The third kappa shape index (κ3) is 14.9. The number of hydrogen-bond acceptors (Lipinski definition) is 23. The van der Waals surface area contributed by atoms with Gasteiger partial charge in [-0.15, -0.1) is 16.5 Å². The molecule has 2 bridgehead atoms. The lowest BCUT2D eigenvalue weighted by atomic mass is 9.46. The van der Waals surface area contributed by atoms with Crippen molar-refractivity contribution in [3.05, 3.63) is 135 Å². The van der Waals surface area contributed by atoms with Gasteiger partial charge in [-0.1, -0.05) is 113 Å². The van der Waals surface area contributed by atoms with Crippen molar-refractivity contribution < 1.29 is 77.7 Å². The number of nitrogens with one attached hydrogen (secondary N) is 5. The number of aromatic amines is 1. The van der Waals surface area contributed by atoms with Crippen molar-refractivity contribution in [1.82, 2.24) is 41.3 Å². The molecule has 4 aromatic rings. The zero-order chi connectivity index (χ0) is 83.8. The maximum Gasteiger partial charge on any atom is 0.344 e. The van der Waals surface area contributed by atoms with E-state index >= 15 is 4.79 Å². The average Bonchev–Trinajstić information content (AvgIpc) is 1.47. The Hall–Kier alpha value is -8.25. The minimum Gasteiger partial charge on any atom is -0.494 e. The topological polar surface area (TPSA) is 361 Å². The summed E-state index contributed by atoms with van der Waals surface area (Å²) in [6.45, 7) is 16.6. The zero-order valence-corrected chi connectivity index (χ0v) is 70.0. The number of esters is 3. The Kier molecular flexibility index (Phi) is 26.0. The predicted octanol–water partition coefficient (Wildman–Crippen LogP) is 9.06. The molecule has 5 saturated carbocycles. The van der Waals surface area contributed by atoms with Crippen molar-refractivity contribution in [2.24, 2.45) is 45.2 Å². The first-order valence-corrected chi connectivity index (χ1v) is 41.9. The molecule has 27 nitrogen and oxygen atoms in total. The van der Waals surface area contributed by atoms with Gasteiger partial charge in [-0.05, 0) is 169 Å². The van der Waals surface area contributed by atoms with Gasteiger partial charge >= 0.3 is 23.9 Å². The lowest BCUT2D eigenvalue weighted by Gasteiger charge is -2.63. The van der Waals surface area contributed by atoms with Gasteiger partial charge in [-0.2, -0.15) is 5.01 Å². The number of nitrogens with zero attached hydrogens (tertiary/aromatic N) is 5. The van der Waals surface area contributed by atoms with Gasteiger partial charge in [0, 0.05) is 132 Å². The van der Waals surface area contributed by atoms with Crippen molar-refractivity contribution >= 4 is 75.4 Å². The van der Waals surface area contributed by atoms with Crippen LogP contribution in [0.2, 0.25) is 0 Å². The minimum absolute atomic E-state index is 0.0206. The normalized spacial score (nSPS) is 33.0. The quantitative estimate of drug-likeness (QED) is 0.0112. The first-order valence-electron chi connectivity index (χ1n) is 41.4. The summed E-state index contributed by atoms with van der Waals surface area (Å²) < 4.78 is 24.1. The second-order valence-electron chi connectivity index (χ2n) is 34.8. The number of ether oxygens (including phenoxy) is 4. The summed E-state index contributed by atoms with van der Waals surface area (Å²) in [7, 11) is 7.96. The third-order valence-electron chi connectivity index (χ3n) is 28.3. The summed E-state index contributed by atoms with van der Waals surface area (Å²) >= 11 is 5.44. The number of amides is 3. The van der Waals surface area contributed by atoms with Crippen molar-refractivity contribution in [2.45, 2.75) is 216 Å². The fourth-order valence-electron chi connectivity index (χ4n) is 23.3. The molecule has 7 fully saturated rings. The maximum atomic E-state index is 15.2.